The van der Waals surface area contributed by atoms with Gasteiger partial charge in [-0.1, -0.05) is 24.3 Å². The zero-order valence-electron chi connectivity index (χ0n) is 10.7. The van der Waals surface area contributed by atoms with Gasteiger partial charge in [-0.15, -0.1) is 0 Å². The van der Waals surface area contributed by atoms with Crippen LogP contribution in [0.15, 0.2) is 24.3 Å². The molecule has 1 rings (SSSR count). The van der Waals surface area contributed by atoms with Crippen LogP contribution in [0, 0.1) is 6.92 Å². The van der Waals surface area contributed by atoms with E-state index in [1.165, 1.54) is 0 Å². The highest BCUT2D eigenvalue weighted by atomic mass is 16.5. The van der Waals surface area contributed by atoms with Crippen LogP contribution < -0.4 is 0 Å². The zero-order chi connectivity index (χ0) is 12.7. The van der Waals surface area contributed by atoms with Crippen LogP contribution in [0.4, 0.5) is 0 Å². The molecule has 1 unspecified atom stereocenters. The quantitative estimate of drug-likeness (QED) is 0.683. The van der Waals surface area contributed by atoms with Crippen molar-refractivity contribution < 1.29 is 14.3 Å². The maximum Gasteiger partial charge on any atom is 0.188 e. The summed E-state index contributed by atoms with van der Waals surface area (Å²) in [6.07, 6.45) is -0.0529. The molecule has 0 spiro atoms. The first-order chi connectivity index (χ1) is 8.15. The van der Waals surface area contributed by atoms with Gasteiger partial charge in [0, 0.05) is 12.2 Å². The summed E-state index contributed by atoms with van der Waals surface area (Å²) in [5.74, 6) is 0.0199. The summed E-state index contributed by atoms with van der Waals surface area (Å²) in [7, 11) is 0. The van der Waals surface area contributed by atoms with Gasteiger partial charge in [-0.05, 0) is 26.3 Å². The summed E-state index contributed by atoms with van der Waals surface area (Å²) in [4.78, 5) is 11.9. The second kappa shape index (κ2) is 7.20. The van der Waals surface area contributed by atoms with E-state index in [2.05, 4.69) is 0 Å². The molecule has 3 nitrogen and oxygen atoms in total. The second-order valence-corrected chi connectivity index (χ2v) is 4.02. The van der Waals surface area contributed by atoms with Crippen molar-refractivity contribution in [2.75, 3.05) is 19.8 Å². The number of carbonyl (C=O) groups is 1. The highest BCUT2D eigenvalue weighted by molar-refractivity contribution is 5.98. The van der Waals surface area contributed by atoms with Crippen LogP contribution in [0.25, 0.3) is 0 Å². The Hall–Kier alpha value is -1.19. The van der Waals surface area contributed by atoms with E-state index in [9.17, 15) is 4.79 Å². The van der Waals surface area contributed by atoms with Gasteiger partial charge < -0.3 is 9.47 Å². The lowest BCUT2D eigenvalue weighted by atomic mass is 10.1. The summed E-state index contributed by atoms with van der Waals surface area (Å²) in [6.45, 7) is 7.07. The Balaban J connectivity index is 2.42. The summed E-state index contributed by atoms with van der Waals surface area (Å²) in [6, 6.07) is 7.54. The number of hydrogen-bond donors (Lipinski definition) is 0. The Morgan fingerprint density at radius 3 is 2.71 bits per heavy atom. The number of benzene rings is 1. The normalized spacial score (nSPS) is 12.4. The van der Waals surface area contributed by atoms with Crippen molar-refractivity contribution in [2.24, 2.45) is 0 Å². The van der Waals surface area contributed by atoms with E-state index >= 15 is 0 Å². The van der Waals surface area contributed by atoms with Gasteiger partial charge in [-0.25, -0.2) is 0 Å². The minimum Gasteiger partial charge on any atom is -0.379 e. The lowest BCUT2D eigenvalue weighted by Crippen LogP contribution is -2.21. The molecule has 0 aromatic heterocycles. The van der Waals surface area contributed by atoms with Crippen molar-refractivity contribution in [1.82, 2.24) is 0 Å². The van der Waals surface area contributed by atoms with Gasteiger partial charge in [0.2, 0.25) is 0 Å². The fraction of sp³-hybridized carbons (Fsp3) is 0.500. The van der Waals surface area contributed by atoms with Crippen molar-refractivity contribution in [3.63, 3.8) is 0 Å². The molecule has 17 heavy (non-hydrogen) atoms. The Bertz CT molecular complexity index is 360. The van der Waals surface area contributed by atoms with Crippen LogP contribution in [-0.2, 0) is 9.47 Å². The molecular formula is C14H20O3. The van der Waals surface area contributed by atoms with Crippen LogP contribution in [-0.4, -0.2) is 31.7 Å². The number of ether oxygens (including phenoxy) is 2. The molecule has 0 amide bonds. The van der Waals surface area contributed by atoms with Crippen molar-refractivity contribution in [2.45, 2.75) is 26.9 Å². The lowest BCUT2D eigenvalue weighted by molar-refractivity contribution is 0.00114. The van der Waals surface area contributed by atoms with Gasteiger partial charge in [0.25, 0.3) is 0 Å². The maximum absolute atomic E-state index is 11.9. The van der Waals surface area contributed by atoms with Gasteiger partial charge >= 0.3 is 0 Å². The summed E-state index contributed by atoms with van der Waals surface area (Å²) >= 11 is 0. The highest BCUT2D eigenvalue weighted by Crippen LogP contribution is 2.08. The summed E-state index contributed by atoms with van der Waals surface area (Å²) in [5, 5.41) is 0. The molecule has 3 heteroatoms. The number of ketones is 1. The van der Waals surface area contributed by atoms with Crippen molar-refractivity contribution in [1.29, 1.82) is 0 Å². The molecule has 0 aliphatic rings. The highest BCUT2D eigenvalue weighted by Gasteiger charge is 2.10. The Kier molecular flexibility index (Phi) is 5.87. The largest absolute Gasteiger partial charge is 0.379 e. The zero-order valence-corrected chi connectivity index (χ0v) is 10.7. The van der Waals surface area contributed by atoms with Crippen LogP contribution in [0.5, 0.6) is 0 Å². The summed E-state index contributed by atoms with van der Waals surface area (Å²) < 4.78 is 10.7. The van der Waals surface area contributed by atoms with E-state index in [-0.39, 0.29) is 18.5 Å². The molecule has 94 valence electrons. The van der Waals surface area contributed by atoms with Crippen LogP contribution >= 0.6 is 0 Å². The van der Waals surface area contributed by atoms with E-state index in [0.29, 0.717) is 13.2 Å². The molecule has 0 saturated carbocycles. The predicted molar refractivity (Wildman–Crippen MR) is 67.4 cm³/mol. The molecule has 0 fully saturated rings. The number of aryl methyl sites for hydroxylation is 1. The first-order valence-corrected chi connectivity index (χ1v) is 5.93. The van der Waals surface area contributed by atoms with Crippen molar-refractivity contribution >= 4 is 5.78 Å². The number of carbonyl (C=O) groups excluding carboxylic acids is 1. The number of Topliss-reactive ketones (excluding diaryl/α,β-unsaturated/α-hetero) is 1. The molecule has 0 bridgehead atoms. The number of rotatable bonds is 7. The van der Waals surface area contributed by atoms with Gasteiger partial charge in [0.05, 0.1) is 12.7 Å². The number of hydrogen-bond acceptors (Lipinski definition) is 3. The lowest BCUT2D eigenvalue weighted by Gasteiger charge is -2.12. The molecule has 0 radical (unpaired) electrons. The Morgan fingerprint density at radius 2 is 2.06 bits per heavy atom. The molecule has 1 aromatic carbocycles. The summed E-state index contributed by atoms with van der Waals surface area (Å²) in [5.41, 5.74) is 1.72. The predicted octanol–water partition coefficient (Wildman–Crippen LogP) is 2.62. The Morgan fingerprint density at radius 1 is 1.35 bits per heavy atom. The van der Waals surface area contributed by atoms with Gasteiger partial charge in [-0.3, -0.25) is 4.79 Å². The van der Waals surface area contributed by atoms with E-state index in [1.807, 2.05) is 45.0 Å². The SMILES string of the molecule is CCOCC(C)OCC(=O)c1ccccc1C. The first kappa shape index (κ1) is 13.9. The molecule has 1 atom stereocenters. The maximum atomic E-state index is 11.9. The Labute approximate surface area is 103 Å². The third-order valence-electron chi connectivity index (χ3n) is 2.50. The minimum atomic E-state index is -0.0529. The van der Waals surface area contributed by atoms with Crippen molar-refractivity contribution in [3.8, 4) is 0 Å². The molecular weight excluding hydrogens is 216 g/mol. The first-order valence-electron chi connectivity index (χ1n) is 5.93. The van der Waals surface area contributed by atoms with E-state index < -0.39 is 0 Å². The van der Waals surface area contributed by atoms with Gasteiger partial charge in [0.15, 0.2) is 5.78 Å². The van der Waals surface area contributed by atoms with E-state index in [4.69, 9.17) is 9.47 Å². The monoisotopic (exact) mass is 236 g/mol. The fourth-order valence-electron chi connectivity index (χ4n) is 1.51. The van der Waals surface area contributed by atoms with E-state index in [1.54, 1.807) is 0 Å². The molecule has 0 N–H and O–H groups in total. The molecule has 1 aromatic rings. The average molecular weight is 236 g/mol. The van der Waals surface area contributed by atoms with Gasteiger partial charge in [0.1, 0.15) is 6.61 Å². The third kappa shape index (κ3) is 4.67. The minimum absolute atomic E-state index is 0.0199. The third-order valence-corrected chi connectivity index (χ3v) is 2.50. The molecule has 0 saturated heterocycles. The van der Waals surface area contributed by atoms with E-state index in [0.717, 1.165) is 11.1 Å². The smallest absolute Gasteiger partial charge is 0.188 e. The molecule has 0 heterocycles. The fourth-order valence-corrected chi connectivity index (χ4v) is 1.51. The van der Waals surface area contributed by atoms with Crippen molar-refractivity contribution in [3.05, 3.63) is 35.4 Å². The average Bonchev–Trinajstić information content (AvgIpc) is 2.34. The topological polar surface area (TPSA) is 35.5 Å². The van der Waals surface area contributed by atoms with Crippen LogP contribution in [0.2, 0.25) is 0 Å². The molecule has 0 aliphatic heterocycles. The van der Waals surface area contributed by atoms with Crippen LogP contribution in [0.1, 0.15) is 29.8 Å². The standard InChI is InChI=1S/C14H20O3/c1-4-16-9-12(3)17-10-14(15)13-8-6-5-7-11(13)2/h5-8,12H,4,9-10H2,1-3H3. The van der Waals surface area contributed by atoms with Crippen LogP contribution in [0.3, 0.4) is 0 Å². The van der Waals surface area contributed by atoms with Gasteiger partial charge in [-0.2, -0.15) is 0 Å². The second-order valence-electron chi connectivity index (χ2n) is 4.02. The molecule has 0 aliphatic carbocycles.